The molecule has 0 fully saturated rings. The van der Waals surface area contributed by atoms with Crippen molar-refractivity contribution in [2.24, 2.45) is 0 Å². The van der Waals surface area contributed by atoms with Crippen molar-refractivity contribution in [2.45, 2.75) is 32.2 Å². The molecule has 0 saturated carbocycles. The number of likely N-dealkylation sites (N-methyl/N-ethyl adjacent to an activating group) is 1. The molecule has 0 amide bonds. The Bertz CT molecular complexity index is 423. The molecule has 1 aliphatic rings. The van der Waals surface area contributed by atoms with Gasteiger partial charge in [0.15, 0.2) is 0 Å². The summed E-state index contributed by atoms with van der Waals surface area (Å²) >= 11 is 0. The van der Waals surface area contributed by atoms with Crippen LogP contribution in [0.15, 0.2) is 18.2 Å². The van der Waals surface area contributed by atoms with Crippen LogP contribution >= 0.6 is 0 Å². The summed E-state index contributed by atoms with van der Waals surface area (Å²) in [5.74, 6) is 0.879. The first-order valence-corrected chi connectivity index (χ1v) is 6.21. The maximum atomic E-state index is 8.90. The number of rotatable bonds is 5. The average molecular weight is 230 g/mol. The van der Waals surface area contributed by atoms with Gasteiger partial charge in [0.1, 0.15) is 18.4 Å². The molecule has 2 rings (SSSR count). The Hall–Kier alpha value is -1.53. The molecule has 3 nitrogen and oxygen atoms in total. The molecular formula is C14H18N2O. The number of hydrogen-bond acceptors (Lipinski definition) is 3. The van der Waals surface area contributed by atoms with Gasteiger partial charge in [-0.3, -0.25) is 5.32 Å². The summed E-state index contributed by atoms with van der Waals surface area (Å²) in [5, 5.41) is 12.0. The lowest BCUT2D eigenvalue weighted by Gasteiger charge is -2.12. The molecule has 0 spiro atoms. The lowest BCUT2D eigenvalue weighted by molar-refractivity contribution is 0.290. The standard InChI is InChI=1S/C14H18N2O/c1-2-16-13(9-15)10-17-14-7-6-11-4-3-5-12(11)8-14/h6-8,13,16H,2-5,10H2,1H3. The van der Waals surface area contributed by atoms with Gasteiger partial charge in [-0.1, -0.05) is 13.0 Å². The van der Waals surface area contributed by atoms with Crippen LogP contribution in [0, 0.1) is 11.3 Å². The van der Waals surface area contributed by atoms with Crippen LogP contribution in [-0.2, 0) is 12.8 Å². The number of nitriles is 1. The van der Waals surface area contributed by atoms with E-state index in [2.05, 4.69) is 23.5 Å². The van der Waals surface area contributed by atoms with Crippen molar-refractivity contribution in [3.63, 3.8) is 0 Å². The minimum absolute atomic E-state index is 0.228. The second-order valence-corrected chi connectivity index (χ2v) is 4.33. The Morgan fingerprint density at radius 1 is 1.41 bits per heavy atom. The molecule has 0 bridgehead atoms. The number of aryl methyl sites for hydroxylation is 2. The van der Waals surface area contributed by atoms with Gasteiger partial charge in [-0.2, -0.15) is 5.26 Å². The maximum absolute atomic E-state index is 8.90. The Kier molecular flexibility index (Phi) is 4.00. The number of ether oxygens (including phenoxy) is 1. The van der Waals surface area contributed by atoms with Gasteiger partial charge >= 0.3 is 0 Å². The Balaban J connectivity index is 1.93. The summed E-state index contributed by atoms with van der Waals surface area (Å²) in [7, 11) is 0. The number of nitrogens with zero attached hydrogens (tertiary/aromatic N) is 1. The quantitative estimate of drug-likeness (QED) is 0.842. The zero-order valence-electron chi connectivity index (χ0n) is 10.2. The summed E-state index contributed by atoms with van der Waals surface area (Å²) in [6.45, 7) is 3.18. The van der Waals surface area contributed by atoms with Gasteiger partial charge in [-0.25, -0.2) is 0 Å². The van der Waals surface area contributed by atoms with E-state index >= 15 is 0 Å². The van der Waals surface area contributed by atoms with E-state index in [1.165, 1.54) is 24.0 Å². The van der Waals surface area contributed by atoms with Crippen molar-refractivity contribution in [1.82, 2.24) is 5.32 Å². The molecule has 0 aliphatic heterocycles. The predicted octanol–water partition coefficient (Wildman–Crippen LogP) is 2.06. The molecule has 1 aliphatic carbocycles. The number of benzene rings is 1. The third-order valence-corrected chi connectivity index (χ3v) is 3.09. The van der Waals surface area contributed by atoms with Crippen molar-refractivity contribution in [3.8, 4) is 11.8 Å². The van der Waals surface area contributed by atoms with Crippen LogP contribution < -0.4 is 10.1 Å². The van der Waals surface area contributed by atoms with E-state index in [4.69, 9.17) is 10.00 Å². The average Bonchev–Trinajstić information content (AvgIpc) is 2.81. The number of hydrogen-bond donors (Lipinski definition) is 1. The summed E-state index contributed by atoms with van der Waals surface area (Å²) in [5.41, 5.74) is 2.85. The van der Waals surface area contributed by atoms with Crippen LogP contribution in [0.1, 0.15) is 24.5 Å². The van der Waals surface area contributed by atoms with Crippen molar-refractivity contribution >= 4 is 0 Å². The minimum atomic E-state index is -0.228. The molecule has 17 heavy (non-hydrogen) atoms. The van der Waals surface area contributed by atoms with Crippen molar-refractivity contribution in [1.29, 1.82) is 5.26 Å². The fourth-order valence-electron chi connectivity index (χ4n) is 2.21. The number of nitrogens with one attached hydrogen (secondary N) is 1. The molecule has 3 heteroatoms. The summed E-state index contributed by atoms with van der Waals surface area (Å²) < 4.78 is 5.65. The summed E-state index contributed by atoms with van der Waals surface area (Å²) in [6, 6.07) is 8.22. The van der Waals surface area contributed by atoms with Gasteiger partial charge in [0, 0.05) is 0 Å². The van der Waals surface area contributed by atoms with Gasteiger partial charge in [0.2, 0.25) is 0 Å². The van der Waals surface area contributed by atoms with E-state index in [-0.39, 0.29) is 6.04 Å². The van der Waals surface area contributed by atoms with Crippen LogP contribution in [0.4, 0.5) is 0 Å². The van der Waals surface area contributed by atoms with Crippen molar-refractivity contribution in [2.75, 3.05) is 13.2 Å². The molecule has 90 valence electrons. The van der Waals surface area contributed by atoms with Crippen LogP contribution in [-0.4, -0.2) is 19.2 Å². The predicted molar refractivity (Wildman–Crippen MR) is 67.0 cm³/mol. The maximum Gasteiger partial charge on any atom is 0.130 e. The van der Waals surface area contributed by atoms with E-state index in [0.717, 1.165) is 18.7 Å². The highest BCUT2D eigenvalue weighted by Crippen LogP contribution is 2.25. The zero-order chi connectivity index (χ0) is 12.1. The molecule has 1 aromatic carbocycles. The molecule has 1 atom stereocenters. The smallest absolute Gasteiger partial charge is 0.130 e. The highest BCUT2D eigenvalue weighted by Gasteiger charge is 2.12. The lowest BCUT2D eigenvalue weighted by atomic mass is 10.1. The first kappa shape index (κ1) is 11.9. The fourth-order valence-corrected chi connectivity index (χ4v) is 2.21. The number of fused-ring (bicyclic) bond motifs is 1. The van der Waals surface area contributed by atoms with Gasteiger partial charge in [-0.05, 0) is 49.1 Å². The molecule has 0 radical (unpaired) electrons. The van der Waals surface area contributed by atoms with Gasteiger partial charge < -0.3 is 4.74 Å². The van der Waals surface area contributed by atoms with E-state index < -0.39 is 0 Å². The summed E-state index contributed by atoms with van der Waals surface area (Å²) in [4.78, 5) is 0. The first-order valence-electron chi connectivity index (χ1n) is 6.21. The minimum Gasteiger partial charge on any atom is -0.491 e. The normalized spacial score (nSPS) is 15.1. The third-order valence-electron chi connectivity index (χ3n) is 3.09. The van der Waals surface area contributed by atoms with E-state index in [1.807, 2.05) is 13.0 Å². The molecule has 0 saturated heterocycles. The van der Waals surface area contributed by atoms with Crippen LogP contribution in [0.25, 0.3) is 0 Å². The van der Waals surface area contributed by atoms with E-state index in [0.29, 0.717) is 6.61 Å². The monoisotopic (exact) mass is 230 g/mol. The van der Waals surface area contributed by atoms with Crippen LogP contribution in [0.3, 0.4) is 0 Å². The molecule has 1 unspecified atom stereocenters. The van der Waals surface area contributed by atoms with Crippen molar-refractivity contribution in [3.05, 3.63) is 29.3 Å². The lowest BCUT2D eigenvalue weighted by Crippen LogP contribution is -2.32. The largest absolute Gasteiger partial charge is 0.491 e. The van der Waals surface area contributed by atoms with Crippen LogP contribution in [0.2, 0.25) is 0 Å². The first-order chi connectivity index (χ1) is 8.33. The Morgan fingerprint density at radius 3 is 3.00 bits per heavy atom. The third kappa shape index (κ3) is 2.98. The van der Waals surface area contributed by atoms with Crippen LogP contribution in [0.5, 0.6) is 5.75 Å². The Labute approximate surface area is 102 Å². The topological polar surface area (TPSA) is 45.0 Å². The molecule has 1 aromatic rings. The molecule has 0 aromatic heterocycles. The van der Waals surface area contributed by atoms with Gasteiger partial charge in [0.25, 0.3) is 0 Å². The van der Waals surface area contributed by atoms with E-state index in [9.17, 15) is 0 Å². The highest BCUT2D eigenvalue weighted by molar-refractivity contribution is 5.38. The van der Waals surface area contributed by atoms with Crippen molar-refractivity contribution < 1.29 is 4.74 Å². The molecule has 1 N–H and O–H groups in total. The van der Waals surface area contributed by atoms with Gasteiger partial charge in [0.05, 0.1) is 6.07 Å². The molecule has 0 heterocycles. The van der Waals surface area contributed by atoms with E-state index in [1.54, 1.807) is 0 Å². The SMILES string of the molecule is CCNC(C#N)COc1ccc2c(c1)CCC2. The molecular weight excluding hydrogens is 212 g/mol. The summed E-state index contributed by atoms with van der Waals surface area (Å²) in [6.07, 6.45) is 3.59. The Morgan fingerprint density at radius 2 is 2.24 bits per heavy atom. The second-order valence-electron chi connectivity index (χ2n) is 4.33. The highest BCUT2D eigenvalue weighted by atomic mass is 16.5. The fraction of sp³-hybridized carbons (Fsp3) is 0.500. The zero-order valence-corrected chi connectivity index (χ0v) is 10.2. The van der Waals surface area contributed by atoms with Gasteiger partial charge in [-0.15, -0.1) is 0 Å². The second kappa shape index (κ2) is 5.70.